The summed E-state index contributed by atoms with van der Waals surface area (Å²) in [6.07, 6.45) is 1.80. The zero-order valence-electron chi connectivity index (χ0n) is 6.95. The van der Waals surface area contributed by atoms with Gasteiger partial charge in [0.25, 0.3) is 10.1 Å². The van der Waals surface area contributed by atoms with Crippen LogP contribution in [0.1, 0.15) is 6.42 Å². The van der Waals surface area contributed by atoms with E-state index in [1.54, 1.807) is 11.8 Å². The van der Waals surface area contributed by atoms with E-state index in [4.69, 9.17) is 11.6 Å². The van der Waals surface area contributed by atoms with E-state index in [0.717, 1.165) is 24.2 Å². The largest absolute Gasteiger partial charge is 0.270 e. The molecule has 0 spiro atoms. The maximum Gasteiger partial charge on any atom is 0.264 e. The van der Waals surface area contributed by atoms with E-state index in [-0.39, 0.29) is 6.61 Å². The second-order valence-corrected chi connectivity index (χ2v) is 5.43. The maximum absolute atomic E-state index is 10.5. The van der Waals surface area contributed by atoms with E-state index in [1.165, 1.54) is 0 Å². The Kier molecular flexibility index (Phi) is 7.32. The van der Waals surface area contributed by atoms with Gasteiger partial charge in [-0.3, -0.25) is 4.18 Å². The van der Waals surface area contributed by atoms with Crippen molar-refractivity contribution < 1.29 is 12.6 Å². The number of thioether (sulfide) groups is 1. The fraction of sp³-hybridized carbons (Fsp3) is 1.00. The molecule has 0 aliphatic carbocycles. The van der Waals surface area contributed by atoms with Gasteiger partial charge in [0, 0.05) is 11.6 Å². The van der Waals surface area contributed by atoms with Crippen LogP contribution in [0.15, 0.2) is 0 Å². The number of hydrogen-bond donors (Lipinski definition) is 0. The van der Waals surface area contributed by atoms with E-state index in [2.05, 4.69) is 4.18 Å². The molecule has 3 nitrogen and oxygen atoms in total. The van der Waals surface area contributed by atoms with Crippen LogP contribution < -0.4 is 0 Å². The van der Waals surface area contributed by atoms with Gasteiger partial charge >= 0.3 is 0 Å². The van der Waals surface area contributed by atoms with Crippen LogP contribution in [-0.4, -0.2) is 38.7 Å². The average Bonchev–Trinajstić information content (AvgIpc) is 1.94. The number of halogens is 1. The van der Waals surface area contributed by atoms with E-state index in [0.29, 0.717) is 5.88 Å². The van der Waals surface area contributed by atoms with Crippen molar-refractivity contribution in [2.24, 2.45) is 0 Å². The van der Waals surface area contributed by atoms with E-state index < -0.39 is 10.1 Å². The lowest BCUT2D eigenvalue weighted by Crippen LogP contribution is -2.04. The van der Waals surface area contributed by atoms with Gasteiger partial charge < -0.3 is 0 Å². The zero-order chi connectivity index (χ0) is 9.45. The third kappa shape index (κ3) is 10.6. The summed E-state index contributed by atoms with van der Waals surface area (Å²) in [5.74, 6) is 2.43. The molecule has 0 heterocycles. The second kappa shape index (κ2) is 7.00. The highest BCUT2D eigenvalue weighted by molar-refractivity contribution is 7.99. The molecule has 0 aliphatic heterocycles. The molecule has 12 heavy (non-hydrogen) atoms. The summed E-state index contributed by atoms with van der Waals surface area (Å²) in [4.78, 5) is 0. The Morgan fingerprint density at radius 2 is 2.08 bits per heavy atom. The van der Waals surface area contributed by atoms with Crippen molar-refractivity contribution in [3.63, 3.8) is 0 Å². The Labute approximate surface area is 82.9 Å². The quantitative estimate of drug-likeness (QED) is 0.377. The molecule has 0 aromatic carbocycles. The molecule has 0 N–H and O–H groups in total. The van der Waals surface area contributed by atoms with Gasteiger partial charge in [-0.15, -0.1) is 11.6 Å². The lowest BCUT2D eigenvalue weighted by Gasteiger charge is -2.00. The summed E-state index contributed by atoms with van der Waals surface area (Å²) >= 11 is 7.14. The molecule has 0 saturated heterocycles. The molecule has 0 rings (SSSR count). The van der Waals surface area contributed by atoms with Crippen molar-refractivity contribution in [3.8, 4) is 0 Å². The SMILES string of the molecule is CS(=O)(=O)OCCCSCCCl. The molecular weight excluding hydrogens is 220 g/mol. The normalized spacial score (nSPS) is 11.8. The molecule has 0 aliphatic rings. The first-order valence-electron chi connectivity index (χ1n) is 3.54. The third-order valence-corrected chi connectivity index (χ3v) is 3.03. The van der Waals surface area contributed by atoms with Crippen LogP contribution in [-0.2, 0) is 14.3 Å². The van der Waals surface area contributed by atoms with E-state index in [9.17, 15) is 8.42 Å². The minimum Gasteiger partial charge on any atom is -0.270 e. The minimum absolute atomic E-state index is 0.272. The molecule has 0 aromatic rings. The third-order valence-electron chi connectivity index (χ3n) is 0.952. The second-order valence-electron chi connectivity index (χ2n) is 2.18. The van der Waals surface area contributed by atoms with Crippen molar-refractivity contribution in [2.45, 2.75) is 6.42 Å². The minimum atomic E-state index is -3.25. The number of rotatable bonds is 7. The predicted octanol–water partition coefficient (Wildman–Crippen LogP) is 1.32. The molecule has 0 amide bonds. The summed E-state index contributed by atoms with van der Waals surface area (Å²) in [6.45, 7) is 0.272. The van der Waals surface area contributed by atoms with Gasteiger partial charge in [0.2, 0.25) is 0 Å². The highest BCUT2D eigenvalue weighted by Gasteiger charge is 1.99. The highest BCUT2D eigenvalue weighted by atomic mass is 35.5. The fourth-order valence-electron chi connectivity index (χ4n) is 0.528. The van der Waals surface area contributed by atoms with E-state index >= 15 is 0 Å². The smallest absolute Gasteiger partial charge is 0.264 e. The van der Waals surface area contributed by atoms with Crippen LogP contribution in [0.3, 0.4) is 0 Å². The van der Waals surface area contributed by atoms with Gasteiger partial charge in [-0.2, -0.15) is 20.2 Å². The lowest BCUT2D eigenvalue weighted by atomic mass is 10.5. The number of hydrogen-bond acceptors (Lipinski definition) is 4. The summed E-state index contributed by atoms with van der Waals surface area (Å²) in [7, 11) is -3.25. The van der Waals surface area contributed by atoms with E-state index in [1.807, 2.05) is 0 Å². The van der Waals surface area contributed by atoms with Crippen molar-refractivity contribution in [1.29, 1.82) is 0 Å². The fourth-order valence-corrected chi connectivity index (χ4v) is 1.91. The molecule has 0 unspecified atom stereocenters. The Morgan fingerprint density at radius 3 is 2.58 bits per heavy atom. The van der Waals surface area contributed by atoms with Crippen LogP contribution in [0.25, 0.3) is 0 Å². The molecule has 0 fully saturated rings. The first-order chi connectivity index (χ1) is 5.56. The Hall–Kier alpha value is 0.550. The molecule has 0 bridgehead atoms. The van der Waals surface area contributed by atoms with Crippen LogP contribution in [0.2, 0.25) is 0 Å². The monoisotopic (exact) mass is 232 g/mol. The molecule has 0 radical (unpaired) electrons. The molecular formula is C6H13ClO3S2. The van der Waals surface area contributed by atoms with Crippen molar-refractivity contribution in [2.75, 3.05) is 30.2 Å². The van der Waals surface area contributed by atoms with Gasteiger partial charge in [0.1, 0.15) is 0 Å². The summed E-state index contributed by atoms with van der Waals surface area (Å²) in [6, 6.07) is 0. The Balaban J connectivity index is 3.12. The topological polar surface area (TPSA) is 43.4 Å². The molecule has 0 atom stereocenters. The Bertz CT molecular complexity index is 191. The van der Waals surface area contributed by atoms with Crippen LogP contribution in [0, 0.1) is 0 Å². The predicted molar refractivity (Wildman–Crippen MR) is 53.5 cm³/mol. The highest BCUT2D eigenvalue weighted by Crippen LogP contribution is 2.03. The first-order valence-corrected chi connectivity index (χ1v) is 7.05. The molecule has 0 aromatic heterocycles. The van der Waals surface area contributed by atoms with Crippen molar-refractivity contribution in [3.05, 3.63) is 0 Å². The van der Waals surface area contributed by atoms with Crippen LogP contribution in [0.5, 0.6) is 0 Å². The average molecular weight is 233 g/mol. The Morgan fingerprint density at radius 1 is 1.42 bits per heavy atom. The van der Waals surface area contributed by atoms with Crippen LogP contribution in [0.4, 0.5) is 0 Å². The maximum atomic E-state index is 10.5. The summed E-state index contributed by atoms with van der Waals surface area (Å²) in [5, 5.41) is 0. The molecule has 0 saturated carbocycles. The van der Waals surface area contributed by atoms with Gasteiger partial charge in [0.15, 0.2) is 0 Å². The number of alkyl halides is 1. The van der Waals surface area contributed by atoms with Gasteiger partial charge in [-0.05, 0) is 12.2 Å². The molecule has 74 valence electrons. The van der Waals surface area contributed by atoms with Gasteiger partial charge in [-0.25, -0.2) is 0 Å². The summed E-state index contributed by atoms with van der Waals surface area (Å²) < 4.78 is 25.5. The van der Waals surface area contributed by atoms with Crippen molar-refractivity contribution >= 4 is 33.5 Å². The molecule has 6 heteroatoms. The lowest BCUT2D eigenvalue weighted by molar-refractivity contribution is 0.323. The van der Waals surface area contributed by atoms with Gasteiger partial charge in [-0.1, -0.05) is 0 Å². The first kappa shape index (κ1) is 12.6. The summed E-state index contributed by atoms with van der Waals surface area (Å²) in [5.41, 5.74) is 0. The zero-order valence-corrected chi connectivity index (χ0v) is 9.34. The van der Waals surface area contributed by atoms with Crippen LogP contribution >= 0.6 is 23.4 Å². The van der Waals surface area contributed by atoms with Crippen molar-refractivity contribution in [1.82, 2.24) is 0 Å². The standard InChI is InChI=1S/C6H13ClO3S2/c1-12(8,9)10-4-2-5-11-6-3-7/h2-6H2,1H3. The van der Waals surface area contributed by atoms with Gasteiger partial charge in [0.05, 0.1) is 12.9 Å².